The van der Waals surface area contributed by atoms with Gasteiger partial charge in [0.25, 0.3) is 0 Å². The van der Waals surface area contributed by atoms with Gasteiger partial charge in [0.1, 0.15) is 5.01 Å². The molecule has 0 unspecified atom stereocenters. The van der Waals surface area contributed by atoms with E-state index in [1.54, 1.807) is 4.68 Å². The van der Waals surface area contributed by atoms with Crippen LogP contribution < -0.4 is 0 Å². The number of carboxylic acid groups (broad SMARTS) is 1. The van der Waals surface area contributed by atoms with Crippen molar-refractivity contribution >= 4 is 17.3 Å². The Hall–Kier alpha value is -1.83. The molecular formula is C12H15N5O2S. The molecule has 1 aliphatic carbocycles. The predicted molar refractivity (Wildman–Crippen MR) is 72.3 cm³/mol. The van der Waals surface area contributed by atoms with E-state index < -0.39 is 5.97 Å². The Kier molecular flexibility index (Phi) is 3.47. The highest BCUT2D eigenvalue weighted by molar-refractivity contribution is 7.13. The summed E-state index contributed by atoms with van der Waals surface area (Å²) in [6.45, 7) is 1.86. The summed E-state index contributed by atoms with van der Waals surface area (Å²) in [5.74, 6) is -0.841. The molecule has 106 valence electrons. The fraction of sp³-hybridized carbons (Fsp3) is 0.583. The third-order valence-corrected chi connectivity index (χ3v) is 4.41. The van der Waals surface area contributed by atoms with Crippen LogP contribution in [0.3, 0.4) is 0 Å². The van der Waals surface area contributed by atoms with Crippen LogP contribution in [0.1, 0.15) is 59.2 Å². The number of carbonyl (C=O) groups is 1. The number of nitrogens with zero attached hydrogens (tertiary/aromatic N) is 5. The van der Waals surface area contributed by atoms with Gasteiger partial charge in [-0.25, -0.2) is 4.79 Å². The first kappa shape index (κ1) is 13.2. The Bertz CT molecular complexity index is 630. The molecule has 2 heterocycles. The highest BCUT2D eigenvalue weighted by Gasteiger charge is 2.29. The second kappa shape index (κ2) is 5.28. The number of aromatic carboxylic acids is 1. The molecule has 20 heavy (non-hydrogen) atoms. The Morgan fingerprint density at radius 2 is 2.00 bits per heavy atom. The van der Waals surface area contributed by atoms with Gasteiger partial charge in [-0.05, 0) is 19.8 Å². The van der Waals surface area contributed by atoms with Crippen LogP contribution in [0.15, 0.2) is 0 Å². The normalized spacial score (nSPS) is 16.4. The van der Waals surface area contributed by atoms with Crippen LogP contribution in [-0.2, 0) is 0 Å². The molecule has 0 radical (unpaired) electrons. The van der Waals surface area contributed by atoms with Crippen molar-refractivity contribution in [2.24, 2.45) is 0 Å². The van der Waals surface area contributed by atoms with E-state index >= 15 is 0 Å². The molecule has 0 saturated heterocycles. The van der Waals surface area contributed by atoms with Crippen molar-refractivity contribution in [2.75, 3.05) is 0 Å². The van der Waals surface area contributed by atoms with Gasteiger partial charge in [0, 0.05) is 5.92 Å². The molecule has 3 rings (SSSR count). The zero-order chi connectivity index (χ0) is 14.1. The molecule has 0 spiro atoms. The summed E-state index contributed by atoms with van der Waals surface area (Å²) < 4.78 is 1.56. The largest absolute Gasteiger partial charge is 0.476 e. The van der Waals surface area contributed by atoms with Crippen molar-refractivity contribution in [1.29, 1.82) is 0 Å². The number of hydrogen-bond acceptors (Lipinski definition) is 6. The molecule has 0 aromatic carbocycles. The van der Waals surface area contributed by atoms with E-state index in [0.717, 1.165) is 30.7 Å². The minimum absolute atomic E-state index is 0.0461. The van der Waals surface area contributed by atoms with Crippen LogP contribution in [0.25, 0.3) is 5.13 Å². The molecule has 0 amide bonds. The zero-order valence-electron chi connectivity index (χ0n) is 11.1. The number of rotatable bonds is 3. The number of hydrogen-bond donors (Lipinski definition) is 1. The lowest BCUT2D eigenvalue weighted by atomic mass is 9.86. The van der Waals surface area contributed by atoms with Gasteiger partial charge in [0.15, 0.2) is 5.69 Å². The van der Waals surface area contributed by atoms with E-state index in [2.05, 4.69) is 20.5 Å². The molecule has 7 nitrogen and oxygen atoms in total. The molecule has 0 atom stereocenters. The van der Waals surface area contributed by atoms with Crippen molar-refractivity contribution in [3.63, 3.8) is 0 Å². The fourth-order valence-corrected chi connectivity index (χ4v) is 3.35. The number of aryl methyl sites for hydroxylation is 1. The molecule has 2 aromatic rings. The minimum atomic E-state index is -1.03. The van der Waals surface area contributed by atoms with E-state index in [4.69, 9.17) is 0 Å². The summed E-state index contributed by atoms with van der Waals surface area (Å²) in [6, 6.07) is 0. The molecule has 0 bridgehead atoms. The standard InChI is InChI=1S/C12H15N5O2S/c1-7-13-15-12(20-7)17-10(8-5-3-2-4-6-8)9(11(18)19)14-16-17/h8H,2-6H2,1H3,(H,18,19). The van der Waals surface area contributed by atoms with Crippen molar-refractivity contribution in [2.45, 2.75) is 44.9 Å². The number of aromatic nitrogens is 5. The number of carboxylic acids is 1. The summed E-state index contributed by atoms with van der Waals surface area (Å²) >= 11 is 1.39. The van der Waals surface area contributed by atoms with Gasteiger partial charge in [0.05, 0.1) is 5.69 Å². The summed E-state index contributed by atoms with van der Waals surface area (Å²) in [5, 5.41) is 26.6. The monoisotopic (exact) mass is 293 g/mol. The zero-order valence-corrected chi connectivity index (χ0v) is 11.9. The topological polar surface area (TPSA) is 93.8 Å². The van der Waals surface area contributed by atoms with E-state index in [1.807, 2.05) is 6.92 Å². The molecule has 8 heteroatoms. The summed E-state index contributed by atoms with van der Waals surface area (Å²) in [7, 11) is 0. The summed E-state index contributed by atoms with van der Waals surface area (Å²) in [5.41, 5.74) is 0.720. The van der Waals surface area contributed by atoms with E-state index in [-0.39, 0.29) is 11.6 Å². The second-order valence-corrected chi connectivity index (χ2v) is 6.14. The maximum atomic E-state index is 11.4. The predicted octanol–water partition coefficient (Wildman–Crippen LogP) is 2.17. The average Bonchev–Trinajstić information content (AvgIpc) is 3.05. The van der Waals surface area contributed by atoms with Gasteiger partial charge in [0.2, 0.25) is 5.13 Å². The smallest absolute Gasteiger partial charge is 0.358 e. The lowest BCUT2D eigenvalue weighted by Crippen LogP contribution is -2.14. The lowest BCUT2D eigenvalue weighted by molar-refractivity contribution is 0.0688. The molecule has 0 aliphatic heterocycles. The second-order valence-electron chi connectivity index (χ2n) is 4.98. The van der Waals surface area contributed by atoms with Gasteiger partial charge in [-0.1, -0.05) is 35.8 Å². The minimum Gasteiger partial charge on any atom is -0.476 e. The van der Waals surface area contributed by atoms with Crippen LogP contribution >= 0.6 is 11.3 Å². The quantitative estimate of drug-likeness (QED) is 0.932. The van der Waals surface area contributed by atoms with Crippen molar-refractivity contribution in [3.8, 4) is 5.13 Å². The highest BCUT2D eigenvalue weighted by atomic mass is 32.1. The Morgan fingerprint density at radius 3 is 2.60 bits per heavy atom. The molecular weight excluding hydrogens is 278 g/mol. The SMILES string of the molecule is Cc1nnc(-n2nnc(C(=O)O)c2C2CCCCC2)s1. The maximum absolute atomic E-state index is 11.4. The van der Waals surface area contributed by atoms with Crippen molar-refractivity contribution < 1.29 is 9.90 Å². The molecule has 1 aliphatic rings. The summed E-state index contributed by atoms with van der Waals surface area (Å²) in [6.07, 6.45) is 5.39. The highest BCUT2D eigenvalue weighted by Crippen LogP contribution is 2.35. The molecule has 2 aromatic heterocycles. The first-order valence-electron chi connectivity index (χ1n) is 6.66. The van der Waals surface area contributed by atoms with Gasteiger partial charge < -0.3 is 5.11 Å². The van der Waals surface area contributed by atoms with Crippen molar-refractivity contribution in [3.05, 3.63) is 16.4 Å². The third-order valence-electron chi connectivity index (χ3n) is 3.60. The molecule has 1 N–H and O–H groups in total. The average molecular weight is 293 g/mol. The fourth-order valence-electron chi connectivity index (χ4n) is 2.70. The van der Waals surface area contributed by atoms with E-state index in [0.29, 0.717) is 10.8 Å². The molecule has 1 fully saturated rings. The maximum Gasteiger partial charge on any atom is 0.358 e. The molecule has 1 saturated carbocycles. The Labute approximate surface area is 119 Å². The Morgan fingerprint density at radius 1 is 1.25 bits per heavy atom. The van der Waals surface area contributed by atoms with Crippen LogP contribution in [-0.4, -0.2) is 36.3 Å². The van der Waals surface area contributed by atoms with Crippen LogP contribution in [0, 0.1) is 6.92 Å². The first-order valence-corrected chi connectivity index (χ1v) is 7.48. The first-order chi connectivity index (χ1) is 9.66. The van der Waals surface area contributed by atoms with Crippen LogP contribution in [0.4, 0.5) is 0 Å². The van der Waals surface area contributed by atoms with Gasteiger partial charge in [-0.2, -0.15) is 4.68 Å². The van der Waals surface area contributed by atoms with E-state index in [9.17, 15) is 9.90 Å². The van der Waals surface area contributed by atoms with E-state index in [1.165, 1.54) is 17.8 Å². The van der Waals surface area contributed by atoms with Gasteiger partial charge in [-0.3, -0.25) is 0 Å². The third kappa shape index (κ3) is 2.31. The van der Waals surface area contributed by atoms with Crippen LogP contribution in [0.2, 0.25) is 0 Å². The van der Waals surface area contributed by atoms with Crippen molar-refractivity contribution in [1.82, 2.24) is 25.2 Å². The lowest BCUT2D eigenvalue weighted by Gasteiger charge is -2.21. The Balaban J connectivity index is 2.07. The van der Waals surface area contributed by atoms with Gasteiger partial charge >= 0.3 is 5.97 Å². The van der Waals surface area contributed by atoms with Crippen LogP contribution in [0.5, 0.6) is 0 Å². The summed E-state index contributed by atoms with van der Waals surface area (Å²) in [4.78, 5) is 11.4. The van der Waals surface area contributed by atoms with Gasteiger partial charge in [-0.15, -0.1) is 15.3 Å².